The molecule has 0 saturated carbocycles. The predicted octanol–water partition coefficient (Wildman–Crippen LogP) is 0.607. The Balaban J connectivity index is 1.26. The van der Waals surface area contributed by atoms with Crippen LogP contribution < -0.4 is 21.0 Å². The average Bonchev–Trinajstić information content (AvgIpc) is 3.40. The number of ether oxygens (including phenoxy) is 1. The topological polar surface area (TPSA) is 137 Å². The van der Waals surface area contributed by atoms with E-state index in [0.29, 0.717) is 50.9 Å². The third-order valence-corrected chi connectivity index (χ3v) is 8.34. The maximum absolute atomic E-state index is 12.2. The Morgan fingerprint density at radius 3 is 2.38 bits per heavy atom. The van der Waals surface area contributed by atoms with E-state index in [1.807, 2.05) is 30.3 Å². The van der Waals surface area contributed by atoms with Gasteiger partial charge in [-0.15, -0.1) is 0 Å². The lowest BCUT2D eigenvalue weighted by Crippen LogP contribution is -2.52. The van der Waals surface area contributed by atoms with Gasteiger partial charge in [-0.3, -0.25) is 24.3 Å². The number of furan rings is 1. The number of benzene rings is 1. The molecule has 0 bridgehead atoms. The number of piperazine rings is 1. The Hall–Kier alpha value is -3.72. The Bertz CT molecular complexity index is 1490. The Morgan fingerprint density at radius 1 is 1.05 bits per heavy atom. The van der Waals surface area contributed by atoms with Crippen LogP contribution >= 0.6 is 0 Å². The van der Waals surface area contributed by atoms with Crippen LogP contribution in [0.3, 0.4) is 0 Å². The molecule has 2 aromatic heterocycles. The van der Waals surface area contributed by atoms with Gasteiger partial charge >= 0.3 is 5.69 Å². The molecular weight excluding hydrogens is 526 g/mol. The molecule has 1 aliphatic rings. The molecule has 0 atom stereocenters. The number of hydrazone groups is 1. The minimum Gasteiger partial charge on any atom is -0.492 e. The second-order valence-electron chi connectivity index (χ2n) is 9.23. The van der Waals surface area contributed by atoms with Crippen LogP contribution in [0, 0.1) is 0 Å². The van der Waals surface area contributed by atoms with Crippen molar-refractivity contribution in [1.29, 1.82) is 0 Å². The monoisotopic (exact) mass is 559 g/mol. The van der Waals surface area contributed by atoms with Gasteiger partial charge in [-0.05, 0) is 36.4 Å². The van der Waals surface area contributed by atoms with Gasteiger partial charge in [0.15, 0.2) is 0 Å². The first-order valence-electron chi connectivity index (χ1n) is 12.4. The third kappa shape index (κ3) is 6.84. The summed E-state index contributed by atoms with van der Waals surface area (Å²) in [5.41, 5.74) is -0.0904. The lowest BCUT2D eigenvalue weighted by atomic mass is 10.2. The van der Waals surface area contributed by atoms with Crippen LogP contribution in [-0.2, 0) is 17.3 Å². The maximum Gasteiger partial charge on any atom is 0.329 e. The van der Waals surface area contributed by atoms with Gasteiger partial charge in [0.1, 0.15) is 29.7 Å². The predicted molar refractivity (Wildman–Crippen MR) is 149 cm³/mol. The van der Waals surface area contributed by atoms with E-state index in [1.54, 1.807) is 27.2 Å². The summed E-state index contributed by atoms with van der Waals surface area (Å²) in [5.74, 6) is 2.15. The minimum atomic E-state index is -3.37. The summed E-state index contributed by atoms with van der Waals surface area (Å²) in [4.78, 5) is 28.4. The molecule has 14 heteroatoms. The van der Waals surface area contributed by atoms with E-state index in [4.69, 9.17) is 9.15 Å². The van der Waals surface area contributed by atoms with Crippen LogP contribution in [0.1, 0.15) is 5.76 Å². The molecule has 0 radical (unpaired) electrons. The zero-order valence-electron chi connectivity index (χ0n) is 22.4. The highest BCUT2D eigenvalue weighted by Gasteiger charge is 2.28. The number of hydrogen-bond acceptors (Lipinski definition) is 9. The van der Waals surface area contributed by atoms with E-state index >= 15 is 0 Å². The lowest BCUT2D eigenvalue weighted by Gasteiger charge is -2.34. The van der Waals surface area contributed by atoms with Crippen molar-refractivity contribution in [2.75, 3.05) is 65.5 Å². The van der Waals surface area contributed by atoms with Gasteiger partial charge < -0.3 is 9.15 Å². The molecular formula is C25H33N7O6S. The van der Waals surface area contributed by atoms with Gasteiger partial charge in [-0.2, -0.15) is 22.1 Å². The van der Waals surface area contributed by atoms with Crippen molar-refractivity contribution in [2.24, 2.45) is 12.1 Å². The van der Waals surface area contributed by atoms with Crippen molar-refractivity contribution >= 4 is 22.2 Å². The summed E-state index contributed by atoms with van der Waals surface area (Å²) in [6, 6.07) is 12.4. The van der Waals surface area contributed by atoms with Crippen LogP contribution in [0.5, 0.6) is 5.75 Å². The fourth-order valence-corrected chi connectivity index (χ4v) is 5.01. The molecule has 210 valence electrons. The van der Waals surface area contributed by atoms with Gasteiger partial charge in [0, 0.05) is 72.5 Å². The standard InChI is InChI=1S/C25H33N7O6S/c1-28(2)39(35,36)32-13-11-31(12-14-32)15-16-37-20-7-5-19(6-8-20)22-10-9-21(38-22)18-26-30(4)23-17-24(33)29(3)25(34)27-23/h5-10,17-18H,11-16H2,1-4H3,(H,27,34)/b26-18+. The van der Waals surface area contributed by atoms with Gasteiger partial charge in [-0.25, -0.2) is 4.79 Å². The lowest BCUT2D eigenvalue weighted by molar-refractivity contribution is 0.156. The molecule has 0 aliphatic carbocycles. The number of H-pyrrole nitrogens is 1. The molecule has 0 unspecified atom stereocenters. The number of nitrogens with one attached hydrogen (secondary N) is 1. The van der Waals surface area contributed by atoms with Crippen molar-refractivity contribution in [1.82, 2.24) is 23.1 Å². The Labute approximate surface area is 226 Å². The highest BCUT2D eigenvalue weighted by atomic mass is 32.2. The van der Waals surface area contributed by atoms with Crippen molar-refractivity contribution < 1.29 is 17.6 Å². The van der Waals surface area contributed by atoms with E-state index in [9.17, 15) is 18.0 Å². The molecule has 1 aliphatic heterocycles. The molecule has 1 N–H and O–H groups in total. The SMILES string of the molecule is CN(/N=C/c1ccc(-c2ccc(OCCN3CCN(S(=O)(=O)N(C)C)CC3)cc2)o1)c1cc(=O)n(C)c(=O)[nH]1. The van der Waals surface area contributed by atoms with E-state index in [0.717, 1.165) is 15.9 Å². The number of nitrogens with zero attached hydrogens (tertiary/aromatic N) is 6. The van der Waals surface area contributed by atoms with Crippen LogP contribution in [-0.4, -0.2) is 98.2 Å². The number of anilines is 1. The first kappa shape index (κ1) is 28.3. The van der Waals surface area contributed by atoms with Crippen molar-refractivity contribution in [3.05, 3.63) is 69.1 Å². The quantitative estimate of drug-likeness (QED) is 0.282. The number of aromatic nitrogens is 2. The first-order chi connectivity index (χ1) is 18.5. The molecule has 3 aromatic rings. The van der Waals surface area contributed by atoms with Crippen molar-refractivity contribution in [3.63, 3.8) is 0 Å². The summed E-state index contributed by atoms with van der Waals surface area (Å²) in [6.07, 6.45) is 1.49. The molecule has 3 heterocycles. The fourth-order valence-electron chi connectivity index (χ4n) is 3.92. The minimum absolute atomic E-state index is 0.265. The zero-order chi connectivity index (χ0) is 28.2. The van der Waals surface area contributed by atoms with Gasteiger partial charge in [0.2, 0.25) is 0 Å². The molecule has 0 spiro atoms. The smallest absolute Gasteiger partial charge is 0.329 e. The first-order valence-corrected chi connectivity index (χ1v) is 13.8. The molecule has 1 saturated heterocycles. The van der Waals surface area contributed by atoms with Crippen LogP contribution in [0.4, 0.5) is 5.82 Å². The molecule has 4 rings (SSSR count). The van der Waals surface area contributed by atoms with E-state index in [1.165, 1.54) is 32.9 Å². The Kier molecular flexibility index (Phi) is 8.70. The largest absolute Gasteiger partial charge is 0.492 e. The van der Waals surface area contributed by atoms with Gasteiger partial charge in [0.05, 0.1) is 6.21 Å². The van der Waals surface area contributed by atoms with Crippen molar-refractivity contribution in [2.45, 2.75) is 0 Å². The van der Waals surface area contributed by atoms with Gasteiger partial charge in [-0.1, -0.05) is 0 Å². The number of rotatable bonds is 10. The molecule has 39 heavy (non-hydrogen) atoms. The molecule has 13 nitrogen and oxygen atoms in total. The number of hydrogen-bond donors (Lipinski definition) is 1. The van der Waals surface area contributed by atoms with Crippen molar-refractivity contribution in [3.8, 4) is 17.1 Å². The van der Waals surface area contributed by atoms with E-state index < -0.39 is 21.5 Å². The van der Waals surface area contributed by atoms with Crippen LogP contribution in [0.15, 0.2) is 61.6 Å². The highest BCUT2D eigenvalue weighted by Crippen LogP contribution is 2.24. The molecule has 0 amide bonds. The summed E-state index contributed by atoms with van der Waals surface area (Å²) in [5, 5.41) is 5.61. The normalized spacial score (nSPS) is 15.3. The zero-order valence-corrected chi connectivity index (χ0v) is 23.2. The summed E-state index contributed by atoms with van der Waals surface area (Å²) >= 11 is 0. The maximum atomic E-state index is 12.2. The fraction of sp³-hybridized carbons (Fsp3) is 0.400. The summed E-state index contributed by atoms with van der Waals surface area (Å²) < 4.78 is 39.9. The van der Waals surface area contributed by atoms with Crippen LogP contribution in [0.25, 0.3) is 11.3 Å². The molecule has 1 aromatic carbocycles. The second kappa shape index (κ2) is 12.0. The van der Waals surface area contributed by atoms with Gasteiger partial charge in [0.25, 0.3) is 15.8 Å². The average molecular weight is 560 g/mol. The van der Waals surface area contributed by atoms with Crippen LogP contribution in [0.2, 0.25) is 0 Å². The van der Waals surface area contributed by atoms with E-state index in [-0.39, 0.29) is 5.82 Å². The molecule has 1 fully saturated rings. The number of aromatic amines is 1. The third-order valence-electron chi connectivity index (χ3n) is 6.40. The Morgan fingerprint density at radius 2 is 1.74 bits per heavy atom. The summed E-state index contributed by atoms with van der Waals surface area (Å²) in [7, 11) is 2.73. The highest BCUT2D eigenvalue weighted by molar-refractivity contribution is 7.86. The summed E-state index contributed by atoms with van der Waals surface area (Å²) in [6.45, 7) is 3.46. The van der Waals surface area contributed by atoms with E-state index in [2.05, 4.69) is 15.0 Å². The second-order valence-corrected chi connectivity index (χ2v) is 11.4.